The number of aliphatic carboxylic acids is 1. The third-order valence-corrected chi connectivity index (χ3v) is 6.87. The van der Waals surface area contributed by atoms with E-state index in [4.69, 9.17) is 42.5 Å². The molecule has 0 aliphatic rings. The molecule has 1 N–H and O–H groups in total. The molecular formula is C28H23Cl2N3O7S. The van der Waals surface area contributed by atoms with E-state index < -0.39 is 18.0 Å². The Morgan fingerprint density at radius 3 is 2.49 bits per heavy atom. The van der Waals surface area contributed by atoms with Crippen molar-refractivity contribution in [2.45, 2.75) is 26.5 Å². The van der Waals surface area contributed by atoms with Gasteiger partial charge >= 0.3 is 16.8 Å². The van der Waals surface area contributed by atoms with Crippen molar-refractivity contribution in [3.8, 4) is 17.4 Å². The van der Waals surface area contributed by atoms with Gasteiger partial charge in [-0.25, -0.2) is 14.8 Å². The first-order valence-corrected chi connectivity index (χ1v) is 13.7. The number of nitrogens with zero attached hydrogens (tertiary/aromatic N) is 3. The molecule has 212 valence electrons. The summed E-state index contributed by atoms with van der Waals surface area (Å²) in [4.78, 5) is 42.0. The number of fused-ring (bicyclic) bond motifs is 2. The van der Waals surface area contributed by atoms with Gasteiger partial charge in [0, 0.05) is 5.02 Å². The molecule has 0 unspecified atom stereocenters. The number of hydrogen-bond acceptors (Lipinski definition) is 9. The number of thiazole rings is 1. The first-order valence-electron chi connectivity index (χ1n) is 12.2. The number of ether oxygens (including phenoxy) is 3. The molecule has 5 rings (SSSR count). The quantitative estimate of drug-likeness (QED) is 0.202. The SMILES string of the molecule is CCOC(=O)[C@@H](C)Oc1ccc(Oc2cnc3cc(Cl)ccc3n2)cc1.O=C(O)Cn1c(=O)sc2cccc(Cl)c21. The van der Waals surface area contributed by atoms with Gasteiger partial charge < -0.3 is 19.3 Å². The van der Waals surface area contributed by atoms with Gasteiger partial charge in [-0.1, -0.05) is 40.6 Å². The summed E-state index contributed by atoms with van der Waals surface area (Å²) in [5.74, 6) is 0.0189. The third-order valence-electron chi connectivity index (χ3n) is 5.39. The van der Waals surface area contributed by atoms with E-state index >= 15 is 0 Å². The number of esters is 1. The van der Waals surface area contributed by atoms with E-state index in [2.05, 4.69) is 9.97 Å². The maximum atomic E-state index is 11.6. The minimum Gasteiger partial charge on any atom is -0.480 e. The van der Waals surface area contributed by atoms with Crippen LogP contribution in [-0.2, 0) is 20.9 Å². The highest BCUT2D eigenvalue weighted by atomic mass is 35.5. The van der Waals surface area contributed by atoms with E-state index in [1.807, 2.05) is 0 Å². The minimum atomic E-state index is -1.06. The van der Waals surface area contributed by atoms with Crippen molar-refractivity contribution in [1.29, 1.82) is 0 Å². The summed E-state index contributed by atoms with van der Waals surface area (Å²) >= 11 is 12.8. The van der Waals surface area contributed by atoms with Gasteiger partial charge in [-0.2, -0.15) is 0 Å². The molecule has 5 aromatic rings. The lowest BCUT2D eigenvalue weighted by Crippen LogP contribution is -2.25. The second-order valence-electron chi connectivity index (χ2n) is 8.36. The molecule has 0 fully saturated rings. The topological polar surface area (TPSA) is 130 Å². The van der Waals surface area contributed by atoms with Gasteiger partial charge in [0.2, 0.25) is 5.88 Å². The molecule has 2 aromatic heterocycles. The number of rotatable bonds is 8. The van der Waals surface area contributed by atoms with Crippen LogP contribution < -0.4 is 14.3 Å². The van der Waals surface area contributed by atoms with Gasteiger partial charge in [0.25, 0.3) is 0 Å². The molecule has 0 bridgehead atoms. The van der Waals surface area contributed by atoms with Crippen LogP contribution in [0.15, 0.2) is 71.7 Å². The van der Waals surface area contributed by atoms with Crippen molar-refractivity contribution in [3.63, 3.8) is 0 Å². The Morgan fingerprint density at radius 1 is 1.05 bits per heavy atom. The molecule has 10 nitrogen and oxygen atoms in total. The Balaban J connectivity index is 0.000000218. The first kappa shape index (κ1) is 29.8. The van der Waals surface area contributed by atoms with Crippen LogP contribution in [-0.4, -0.2) is 44.3 Å². The van der Waals surface area contributed by atoms with Gasteiger partial charge in [0.15, 0.2) is 6.10 Å². The fraction of sp³-hybridized carbons (Fsp3) is 0.179. The highest BCUT2D eigenvalue weighted by molar-refractivity contribution is 7.16. The first-order chi connectivity index (χ1) is 19.6. The highest BCUT2D eigenvalue weighted by Crippen LogP contribution is 2.26. The number of benzene rings is 3. The monoisotopic (exact) mass is 615 g/mol. The minimum absolute atomic E-state index is 0.305. The maximum Gasteiger partial charge on any atom is 0.347 e. The fourth-order valence-corrected chi connectivity index (χ4v) is 5.01. The molecule has 0 saturated carbocycles. The second kappa shape index (κ2) is 13.4. The van der Waals surface area contributed by atoms with Gasteiger partial charge in [-0.3, -0.25) is 14.2 Å². The molecule has 0 spiro atoms. The smallest absolute Gasteiger partial charge is 0.347 e. The van der Waals surface area contributed by atoms with Gasteiger partial charge in [0.05, 0.1) is 39.1 Å². The molecule has 0 aliphatic carbocycles. The van der Waals surface area contributed by atoms with Gasteiger partial charge in [-0.15, -0.1) is 0 Å². The van der Waals surface area contributed by atoms with Crippen molar-refractivity contribution >= 4 is 67.7 Å². The van der Waals surface area contributed by atoms with Crippen molar-refractivity contribution in [2.24, 2.45) is 0 Å². The van der Waals surface area contributed by atoms with E-state index in [9.17, 15) is 14.4 Å². The summed E-state index contributed by atoms with van der Waals surface area (Å²) in [5, 5.41) is 9.66. The van der Waals surface area contributed by atoms with Crippen LogP contribution in [0.25, 0.3) is 21.3 Å². The van der Waals surface area contributed by atoms with Crippen molar-refractivity contribution < 1.29 is 28.9 Å². The van der Waals surface area contributed by atoms with E-state index in [0.29, 0.717) is 55.3 Å². The Bertz CT molecular complexity index is 1760. The van der Waals surface area contributed by atoms with Crippen LogP contribution >= 0.6 is 34.5 Å². The van der Waals surface area contributed by atoms with Crippen LogP contribution in [0.3, 0.4) is 0 Å². The number of para-hydroxylation sites is 1. The van der Waals surface area contributed by atoms with E-state index in [-0.39, 0.29) is 11.4 Å². The van der Waals surface area contributed by atoms with Crippen LogP contribution in [0.1, 0.15) is 13.8 Å². The largest absolute Gasteiger partial charge is 0.480 e. The lowest BCUT2D eigenvalue weighted by atomic mass is 10.3. The zero-order valence-electron chi connectivity index (χ0n) is 21.7. The highest BCUT2D eigenvalue weighted by Gasteiger charge is 2.16. The fourth-order valence-electron chi connectivity index (χ4n) is 3.59. The summed E-state index contributed by atoms with van der Waals surface area (Å²) < 4.78 is 18.0. The van der Waals surface area contributed by atoms with E-state index in [1.165, 1.54) is 10.8 Å². The number of carbonyl (C=O) groups is 2. The summed E-state index contributed by atoms with van der Waals surface area (Å²) in [6, 6.07) is 17.2. The number of aromatic nitrogens is 3. The van der Waals surface area contributed by atoms with Crippen LogP contribution in [0.4, 0.5) is 0 Å². The average molecular weight is 616 g/mol. The molecule has 1 atom stereocenters. The number of carbonyl (C=O) groups excluding carboxylic acids is 1. The van der Waals surface area contributed by atoms with E-state index in [0.717, 1.165) is 11.3 Å². The normalized spacial score (nSPS) is 11.4. The molecular weight excluding hydrogens is 593 g/mol. The number of carboxylic acid groups (broad SMARTS) is 1. The molecule has 0 radical (unpaired) electrons. The molecule has 2 heterocycles. The maximum absolute atomic E-state index is 11.6. The Kier molecular flexibility index (Phi) is 9.77. The average Bonchev–Trinajstić information content (AvgIpc) is 3.25. The number of halogens is 2. The summed E-state index contributed by atoms with van der Waals surface area (Å²) in [6.45, 7) is 3.35. The standard InChI is InChI=1S/C19H17ClN2O4.C9H6ClNO3S/c1-3-24-19(23)12(2)25-14-5-7-15(8-6-14)26-18-11-21-17-10-13(20)4-9-16(17)22-18;10-5-2-1-3-6-8(5)11(4-7(12)13)9(14)15-6/h4-12H,3H2,1-2H3;1-3H,4H2,(H,12,13)/t12-;/m1./s1. The number of hydrogen-bond donors (Lipinski definition) is 1. The van der Waals surface area contributed by atoms with Crippen molar-refractivity contribution in [3.05, 3.63) is 86.6 Å². The predicted molar refractivity (Wildman–Crippen MR) is 157 cm³/mol. The van der Waals surface area contributed by atoms with Gasteiger partial charge in [0.1, 0.15) is 18.0 Å². The molecule has 0 saturated heterocycles. The second-order valence-corrected chi connectivity index (χ2v) is 10.2. The predicted octanol–water partition coefficient (Wildman–Crippen LogP) is 6.21. The lowest BCUT2D eigenvalue weighted by Gasteiger charge is -2.13. The van der Waals surface area contributed by atoms with Gasteiger partial charge in [-0.05, 0) is 68.4 Å². The lowest BCUT2D eigenvalue weighted by molar-refractivity contribution is -0.150. The summed E-state index contributed by atoms with van der Waals surface area (Å²) in [6.07, 6.45) is 0.853. The van der Waals surface area contributed by atoms with Crippen molar-refractivity contribution in [2.75, 3.05) is 6.61 Å². The molecule has 0 amide bonds. The van der Waals surface area contributed by atoms with Crippen LogP contribution in [0.2, 0.25) is 10.0 Å². The Hall–Kier alpha value is -4.19. The number of carboxylic acids is 1. The van der Waals surface area contributed by atoms with Crippen LogP contribution in [0, 0.1) is 0 Å². The van der Waals surface area contributed by atoms with Crippen LogP contribution in [0.5, 0.6) is 17.4 Å². The molecule has 41 heavy (non-hydrogen) atoms. The van der Waals surface area contributed by atoms with E-state index in [1.54, 1.807) is 74.5 Å². The Morgan fingerprint density at radius 2 is 1.78 bits per heavy atom. The molecule has 3 aromatic carbocycles. The molecule has 0 aliphatic heterocycles. The summed E-state index contributed by atoms with van der Waals surface area (Å²) in [5.41, 5.74) is 1.88. The summed E-state index contributed by atoms with van der Waals surface area (Å²) in [7, 11) is 0. The zero-order valence-corrected chi connectivity index (χ0v) is 24.1. The molecule has 13 heteroatoms. The third kappa shape index (κ3) is 7.72. The zero-order chi connectivity index (χ0) is 29.5. The Labute approximate surface area is 247 Å². The van der Waals surface area contributed by atoms with Crippen molar-refractivity contribution in [1.82, 2.24) is 14.5 Å².